The smallest absolute Gasteiger partial charge is 0.251 e. The van der Waals surface area contributed by atoms with Crippen molar-refractivity contribution in [3.05, 3.63) is 59.7 Å². The second-order valence-electron chi connectivity index (χ2n) is 7.16. The molecule has 2 N–H and O–H groups in total. The van der Waals surface area contributed by atoms with E-state index >= 15 is 0 Å². The number of hydrogen-bond acceptors (Lipinski definition) is 4. The highest BCUT2D eigenvalue weighted by Gasteiger charge is 2.30. The lowest BCUT2D eigenvalue weighted by Gasteiger charge is -2.16. The lowest BCUT2D eigenvalue weighted by Crippen LogP contribution is -2.33. The van der Waals surface area contributed by atoms with Crippen molar-refractivity contribution in [2.45, 2.75) is 49.6 Å². The van der Waals surface area contributed by atoms with Crippen LogP contribution in [0.15, 0.2) is 53.4 Å². The van der Waals surface area contributed by atoms with E-state index in [9.17, 15) is 13.2 Å². The molecule has 0 aliphatic heterocycles. The highest BCUT2D eigenvalue weighted by Crippen LogP contribution is 2.28. The topological polar surface area (TPSA) is 84.5 Å². The van der Waals surface area contributed by atoms with E-state index in [2.05, 4.69) is 22.2 Å². The summed E-state index contributed by atoms with van der Waals surface area (Å²) in [5.74, 6) is -0.0760. The van der Waals surface area contributed by atoms with Crippen LogP contribution >= 0.6 is 0 Å². The van der Waals surface area contributed by atoms with Gasteiger partial charge in [0.05, 0.1) is 7.11 Å². The Hall–Kier alpha value is -2.38. The van der Waals surface area contributed by atoms with E-state index in [1.807, 2.05) is 25.1 Å². The number of aryl methyl sites for hydroxylation is 1. The van der Waals surface area contributed by atoms with E-state index in [0.717, 1.165) is 25.7 Å². The first kappa shape index (κ1) is 20.4. The summed E-state index contributed by atoms with van der Waals surface area (Å²) in [6.07, 6.45) is 3.32. The summed E-state index contributed by atoms with van der Waals surface area (Å²) in [6, 6.07) is 14.5. The van der Waals surface area contributed by atoms with Crippen molar-refractivity contribution >= 4 is 15.9 Å². The van der Waals surface area contributed by atoms with Crippen molar-refractivity contribution in [3.8, 4) is 5.75 Å². The molecule has 2 aromatic carbocycles. The number of hydrogen-bond donors (Lipinski definition) is 2. The fraction of sp³-hybridized carbons (Fsp3) is 0.381. The monoisotopic (exact) mass is 402 g/mol. The number of methoxy groups -OCH3 is 1. The summed E-state index contributed by atoms with van der Waals surface area (Å²) in [4.78, 5) is 12.6. The molecule has 1 aliphatic carbocycles. The van der Waals surface area contributed by atoms with Gasteiger partial charge in [0.15, 0.2) is 0 Å². The molecular weight excluding hydrogens is 376 g/mol. The van der Waals surface area contributed by atoms with Gasteiger partial charge in [0.25, 0.3) is 5.91 Å². The largest absolute Gasteiger partial charge is 0.495 e. The number of carbonyl (C=O) groups excluding carboxylic acids is 1. The highest BCUT2D eigenvalue weighted by atomic mass is 32.2. The third-order valence-electron chi connectivity index (χ3n) is 4.70. The van der Waals surface area contributed by atoms with E-state index in [1.54, 1.807) is 6.07 Å². The molecule has 1 amide bonds. The number of nitrogens with one attached hydrogen (secondary N) is 2. The molecular formula is C21H26N2O4S. The van der Waals surface area contributed by atoms with E-state index in [-0.39, 0.29) is 28.6 Å². The van der Waals surface area contributed by atoms with Crippen molar-refractivity contribution in [1.29, 1.82) is 0 Å². The molecule has 1 fully saturated rings. The van der Waals surface area contributed by atoms with Gasteiger partial charge in [-0.25, -0.2) is 13.1 Å². The van der Waals surface area contributed by atoms with Crippen LogP contribution < -0.4 is 14.8 Å². The zero-order chi connectivity index (χ0) is 20.1. The van der Waals surface area contributed by atoms with Gasteiger partial charge >= 0.3 is 0 Å². The van der Waals surface area contributed by atoms with E-state index in [0.29, 0.717) is 5.56 Å². The molecule has 0 saturated heterocycles. The first-order valence-corrected chi connectivity index (χ1v) is 10.9. The van der Waals surface area contributed by atoms with Crippen molar-refractivity contribution in [1.82, 2.24) is 10.0 Å². The lowest BCUT2D eigenvalue weighted by atomic mass is 10.1. The molecule has 1 unspecified atom stereocenters. The molecule has 2 aromatic rings. The van der Waals surface area contributed by atoms with Crippen LogP contribution in [-0.2, 0) is 16.4 Å². The summed E-state index contributed by atoms with van der Waals surface area (Å²) in [5, 5.41) is 2.94. The second kappa shape index (κ2) is 8.75. The van der Waals surface area contributed by atoms with Crippen LogP contribution in [0.25, 0.3) is 0 Å². The molecule has 7 heteroatoms. The zero-order valence-electron chi connectivity index (χ0n) is 16.1. The van der Waals surface area contributed by atoms with Crippen LogP contribution in [0.1, 0.15) is 42.1 Å². The van der Waals surface area contributed by atoms with Crippen LogP contribution in [0, 0.1) is 0 Å². The Balaban J connectivity index is 1.68. The first-order chi connectivity index (χ1) is 13.4. The Morgan fingerprint density at radius 3 is 2.54 bits per heavy atom. The Labute approximate surface area is 166 Å². The fourth-order valence-corrected chi connectivity index (χ4v) is 4.42. The Kier molecular flexibility index (Phi) is 6.36. The summed E-state index contributed by atoms with van der Waals surface area (Å²) in [5.41, 5.74) is 1.51. The minimum absolute atomic E-state index is 0.00788. The summed E-state index contributed by atoms with van der Waals surface area (Å²) >= 11 is 0. The predicted molar refractivity (Wildman–Crippen MR) is 108 cm³/mol. The molecule has 1 atom stereocenters. The molecule has 150 valence electrons. The third-order valence-corrected chi connectivity index (χ3v) is 6.24. The van der Waals surface area contributed by atoms with Gasteiger partial charge in [-0.1, -0.05) is 30.3 Å². The summed E-state index contributed by atoms with van der Waals surface area (Å²) in [7, 11) is -2.31. The fourth-order valence-electron chi connectivity index (χ4n) is 2.92. The Bertz CT molecular complexity index is 925. The van der Waals surface area contributed by atoms with E-state index < -0.39 is 10.0 Å². The summed E-state index contributed by atoms with van der Waals surface area (Å²) < 4.78 is 33.0. The zero-order valence-corrected chi connectivity index (χ0v) is 17.0. The predicted octanol–water partition coefficient (Wildman–Crippen LogP) is 2.89. The van der Waals surface area contributed by atoms with Gasteiger partial charge in [0, 0.05) is 17.6 Å². The van der Waals surface area contributed by atoms with Gasteiger partial charge in [0.2, 0.25) is 10.0 Å². The standard InChI is InChI=1S/C21H26N2O4S/c1-15(8-9-16-6-4-3-5-7-16)22-21(24)17-10-13-19(27-2)20(14-17)28(25,26)23-18-11-12-18/h3-7,10,13-15,18,23H,8-9,11-12H2,1-2H3,(H,22,24). The van der Waals surface area contributed by atoms with E-state index in [4.69, 9.17) is 4.74 Å². The molecule has 0 spiro atoms. The van der Waals surface area contributed by atoms with Crippen LogP contribution in [0.5, 0.6) is 5.75 Å². The number of amides is 1. The average molecular weight is 403 g/mol. The van der Waals surface area contributed by atoms with Gasteiger partial charge in [0.1, 0.15) is 10.6 Å². The van der Waals surface area contributed by atoms with Crippen molar-refractivity contribution < 1.29 is 17.9 Å². The maximum atomic E-state index is 12.6. The molecule has 0 aromatic heterocycles. The minimum Gasteiger partial charge on any atom is -0.495 e. The third kappa shape index (κ3) is 5.33. The van der Waals surface area contributed by atoms with Crippen molar-refractivity contribution in [2.75, 3.05) is 7.11 Å². The normalized spacial score (nSPS) is 15.1. The number of benzene rings is 2. The molecule has 28 heavy (non-hydrogen) atoms. The highest BCUT2D eigenvalue weighted by molar-refractivity contribution is 7.89. The summed E-state index contributed by atoms with van der Waals surface area (Å²) in [6.45, 7) is 1.94. The molecule has 3 rings (SSSR count). The van der Waals surface area contributed by atoms with Gasteiger partial charge in [-0.05, 0) is 56.4 Å². The maximum absolute atomic E-state index is 12.6. The Morgan fingerprint density at radius 2 is 1.89 bits per heavy atom. The van der Waals surface area contributed by atoms with Crippen LogP contribution in [0.4, 0.5) is 0 Å². The van der Waals surface area contributed by atoms with Gasteiger partial charge < -0.3 is 10.1 Å². The van der Waals surface area contributed by atoms with Gasteiger partial charge in [-0.15, -0.1) is 0 Å². The number of sulfonamides is 1. The van der Waals surface area contributed by atoms with Crippen LogP contribution in [0.3, 0.4) is 0 Å². The van der Waals surface area contributed by atoms with E-state index in [1.165, 1.54) is 24.8 Å². The van der Waals surface area contributed by atoms with Crippen LogP contribution in [0.2, 0.25) is 0 Å². The number of carbonyl (C=O) groups is 1. The molecule has 0 heterocycles. The first-order valence-electron chi connectivity index (χ1n) is 9.44. The maximum Gasteiger partial charge on any atom is 0.251 e. The number of ether oxygens (including phenoxy) is 1. The quantitative estimate of drug-likeness (QED) is 0.675. The van der Waals surface area contributed by atoms with Crippen LogP contribution in [-0.4, -0.2) is 33.5 Å². The minimum atomic E-state index is -3.73. The molecule has 6 nitrogen and oxygen atoms in total. The molecule has 1 aliphatic rings. The second-order valence-corrected chi connectivity index (χ2v) is 8.84. The van der Waals surface area contributed by atoms with Gasteiger partial charge in [-0.3, -0.25) is 4.79 Å². The average Bonchev–Trinajstić information content (AvgIpc) is 3.50. The van der Waals surface area contributed by atoms with Gasteiger partial charge in [-0.2, -0.15) is 0 Å². The molecule has 0 radical (unpaired) electrons. The molecule has 0 bridgehead atoms. The lowest BCUT2D eigenvalue weighted by molar-refractivity contribution is 0.0938. The molecule has 1 saturated carbocycles. The van der Waals surface area contributed by atoms with Crippen molar-refractivity contribution in [2.24, 2.45) is 0 Å². The SMILES string of the molecule is COc1ccc(C(=O)NC(C)CCc2ccccc2)cc1S(=O)(=O)NC1CC1. The van der Waals surface area contributed by atoms with Crippen molar-refractivity contribution in [3.63, 3.8) is 0 Å². The number of rotatable bonds is 9. The Morgan fingerprint density at radius 1 is 1.18 bits per heavy atom.